The third-order valence-electron chi connectivity index (χ3n) is 7.91. The van der Waals surface area contributed by atoms with E-state index in [1.807, 2.05) is 18.2 Å². The fourth-order valence-electron chi connectivity index (χ4n) is 5.44. The lowest BCUT2D eigenvalue weighted by atomic mass is 9.99. The molecule has 2 fully saturated rings. The topological polar surface area (TPSA) is 95.1 Å². The van der Waals surface area contributed by atoms with Gasteiger partial charge in [-0.15, -0.1) is 0 Å². The van der Waals surface area contributed by atoms with Crippen molar-refractivity contribution in [2.75, 3.05) is 67.0 Å². The Bertz CT molecular complexity index is 1430. The average Bonchev–Trinajstić information content (AvgIpc) is 3.48. The van der Waals surface area contributed by atoms with Crippen molar-refractivity contribution >= 4 is 34.6 Å². The number of amides is 1. The van der Waals surface area contributed by atoms with E-state index in [0.29, 0.717) is 47.4 Å². The summed E-state index contributed by atoms with van der Waals surface area (Å²) in [5.41, 5.74) is 3.75. The second-order valence-electron chi connectivity index (χ2n) is 10.4. The van der Waals surface area contributed by atoms with Crippen LogP contribution in [0, 0.1) is 12.7 Å². The summed E-state index contributed by atoms with van der Waals surface area (Å²) < 4.78 is 19.9. The molecule has 2 aliphatic heterocycles. The number of methoxy groups -OCH3 is 1. The van der Waals surface area contributed by atoms with Crippen molar-refractivity contribution in [2.24, 2.45) is 0 Å². The molecule has 1 atom stereocenters. The summed E-state index contributed by atoms with van der Waals surface area (Å²) in [5.74, 6) is 1.22. The fraction of sp³-hybridized carbons (Fsp3) is 0.387. The summed E-state index contributed by atoms with van der Waals surface area (Å²) in [6.45, 7) is 12.7. The van der Waals surface area contributed by atoms with Crippen molar-refractivity contribution in [3.63, 3.8) is 0 Å². The molecule has 1 amide bonds. The number of nitrogens with zero attached hydrogens (tertiary/aromatic N) is 5. The van der Waals surface area contributed by atoms with Gasteiger partial charge >= 0.3 is 0 Å². The zero-order chi connectivity index (χ0) is 29.6. The van der Waals surface area contributed by atoms with Gasteiger partial charge < -0.3 is 25.2 Å². The molecule has 3 aromatic rings. The predicted octanol–water partition coefficient (Wildman–Crippen LogP) is 4.70. The number of benzene rings is 2. The molecule has 0 radical (unpaired) electrons. The van der Waals surface area contributed by atoms with Crippen LogP contribution in [-0.2, 0) is 16.1 Å². The molecule has 2 aliphatic rings. The molecule has 222 valence electrons. The summed E-state index contributed by atoms with van der Waals surface area (Å²) in [5, 5.41) is 8.07. The molecule has 0 aliphatic carbocycles. The van der Waals surface area contributed by atoms with E-state index in [1.165, 1.54) is 18.5 Å². The maximum atomic E-state index is 14.2. The van der Waals surface area contributed by atoms with Crippen LogP contribution in [0.2, 0.25) is 0 Å². The van der Waals surface area contributed by atoms with Gasteiger partial charge in [0.05, 0.1) is 36.8 Å². The van der Waals surface area contributed by atoms with Crippen LogP contribution in [0.4, 0.5) is 33.1 Å². The molecule has 0 saturated carbocycles. The van der Waals surface area contributed by atoms with Gasteiger partial charge in [-0.25, -0.2) is 19.4 Å². The zero-order valence-electron chi connectivity index (χ0n) is 24.4. The van der Waals surface area contributed by atoms with E-state index in [9.17, 15) is 9.18 Å². The van der Waals surface area contributed by atoms with Gasteiger partial charge in [0, 0.05) is 38.3 Å². The number of piperazine rings is 1. The van der Waals surface area contributed by atoms with Crippen LogP contribution < -0.4 is 25.3 Å². The molecule has 0 unspecified atom stereocenters. The largest absolute Gasteiger partial charge is 0.494 e. The number of rotatable bonds is 10. The minimum atomic E-state index is -0.297. The molecular formula is C31H38FN7O3. The van der Waals surface area contributed by atoms with Crippen LogP contribution in [0.1, 0.15) is 24.5 Å². The Morgan fingerprint density at radius 3 is 2.74 bits per heavy atom. The molecule has 0 spiro atoms. The normalized spacial score (nSPS) is 17.3. The van der Waals surface area contributed by atoms with Crippen molar-refractivity contribution in [3.8, 4) is 5.75 Å². The van der Waals surface area contributed by atoms with Crippen molar-refractivity contribution in [2.45, 2.75) is 32.7 Å². The van der Waals surface area contributed by atoms with Gasteiger partial charge in [0.25, 0.3) is 0 Å². The van der Waals surface area contributed by atoms with E-state index in [-0.39, 0.29) is 17.8 Å². The summed E-state index contributed by atoms with van der Waals surface area (Å²) in [6.07, 6.45) is 4.14. The van der Waals surface area contributed by atoms with Crippen LogP contribution in [0.5, 0.6) is 5.75 Å². The Balaban J connectivity index is 1.40. The summed E-state index contributed by atoms with van der Waals surface area (Å²) in [7, 11) is 1.61. The van der Waals surface area contributed by atoms with E-state index in [1.54, 1.807) is 31.2 Å². The number of halogens is 1. The van der Waals surface area contributed by atoms with Crippen molar-refractivity contribution in [1.82, 2.24) is 14.9 Å². The Labute approximate surface area is 246 Å². The highest BCUT2D eigenvalue weighted by molar-refractivity contribution is 6.02. The molecule has 2 saturated heterocycles. The second-order valence-corrected chi connectivity index (χ2v) is 10.4. The van der Waals surface area contributed by atoms with Crippen molar-refractivity contribution in [1.29, 1.82) is 0 Å². The molecule has 42 heavy (non-hydrogen) atoms. The summed E-state index contributed by atoms with van der Waals surface area (Å²) >= 11 is 0. The number of ether oxygens (including phenoxy) is 1. The highest BCUT2D eigenvalue weighted by Crippen LogP contribution is 2.39. The first-order chi connectivity index (χ1) is 20.4. The van der Waals surface area contributed by atoms with Gasteiger partial charge in [-0.1, -0.05) is 25.6 Å². The SMILES string of the molecule is C=CC(=O)Nc1cc(Nc2cc(N3OCC[C@@H]3Cc3cccc(F)c3C)ncn2)c(OC)cc1N1CCN(CC)CC1. The van der Waals surface area contributed by atoms with Crippen LogP contribution in [-0.4, -0.2) is 73.3 Å². The van der Waals surface area contributed by atoms with Crippen molar-refractivity contribution in [3.05, 3.63) is 72.3 Å². The first-order valence-corrected chi connectivity index (χ1v) is 14.3. The maximum absolute atomic E-state index is 14.2. The third-order valence-corrected chi connectivity index (χ3v) is 7.91. The number of likely N-dealkylation sites (N-methyl/N-ethyl adjacent to an activating group) is 1. The number of anilines is 5. The zero-order valence-corrected chi connectivity index (χ0v) is 24.4. The first-order valence-electron chi connectivity index (χ1n) is 14.3. The number of hydroxylamine groups is 1. The minimum absolute atomic E-state index is 0.00374. The highest BCUT2D eigenvalue weighted by Gasteiger charge is 2.29. The molecule has 0 bridgehead atoms. The smallest absolute Gasteiger partial charge is 0.247 e. The number of nitrogens with one attached hydrogen (secondary N) is 2. The lowest BCUT2D eigenvalue weighted by Gasteiger charge is -2.36. The Kier molecular flexibility index (Phi) is 9.19. The fourth-order valence-corrected chi connectivity index (χ4v) is 5.44. The Morgan fingerprint density at radius 1 is 1.19 bits per heavy atom. The standard InChI is InChI=1S/C31H38FN7O3/c1-5-31(40)36-25-17-26(28(41-4)18-27(25)38-13-11-37(6-2)12-14-38)35-29-19-30(34-20-33-29)39-23(10-15-42-39)16-22-8-7-9-24(32)21(22)3/h5,7-9,17-20,23H,1,6,10-16H2,2-4H3,(H,36,40)(H,33,34,35)/t23-/m1/s1. The van der Waals surface area contributed by atoms with Crippen LogP contribution in [0.3, 0.4) is 0 Å². The van der Waals surface area contributed by atoms with Gasteiger partial charge in [-0.3, -0.25) is 9.63 Å². The van der Waals surface area contributed by atoms with E-state index < -0.39 is 0 Å². The molecular weight excluding hydrogens is 537 g/mol. The summed E-state index contributed by atoms with van der Waals surface area (Å²) in [6, 6.07) is 10.7. The van der Waals surface area contributed by atoms with Gasteiger partial charge in [0.15, 0.2) is 5.82 Å². The van der Waals surface area contributed by atoms with Crippen LogP contribution in [0.15, 0.2) is 55.4 Å². The monoisotopic (exact) mass is 575 g/mol. The lowest BCUT2D eigenvalue weighted by molar-refractivity contribution is -0.111. The van der Waals surface area contributed by atoms with Crippen LogP contribution >= 0.6 is 0 Å². The average molecular weight is 576 g/mol. The van der Waals surface area contributed by atoms with Crippen LogP contribution in [0.25, 0.3) is 0 Å². The quantitative estimate of drug-likeness (QED) is 0.334. The molecule has 3 heterocycles. The molecule has 10 nitrogen and oxygen atoms in total. The number of carbonyl (C=O) groups is 1. The van der Waals surface area contributed by atoms with Gasteiger partial charge in [0.1, 0.15) is 23.7 Å². The molecule has 1 aromatic heterocycles. The molecule has 11 heteroatoms. The third kappa shape index (κ3) is 6.47. The Hall–Kier alpha value is -4.22. The number of carbonyl (C=O) groups excluding carboxylic acids is 1. The van der Waals surface area contributed by atoms with E-state index in [2.05, 4.69) is 43.9 Å². The van der Waals surface area contributed by atoms with Gasteiger partial charge in [-0.2, -0.15) is 0 Å². The minimum Gasteiger partial charge on any atom is -0.494 e. The van der Waals surface area contributed by atoms with E-state index in [4.69, 9.17) is 9.57 Å². The first kappa shape index (κ1) is 29.3. The molecule has 2 aromatic carbocycles. The molecule has 2 N–H and O–H groups in total. The number of hydrogen-bond acceptors (Lipinski definition) is 9. The van der Waals surface area contributed by atoms with Gasteiger partial charge in [0.2, 0.25) is 5.91 Å². The van der Waals surface area contributed by atoms with Crippen molar-refractivity contribution < 1.29 is 18.8 Å². The Morgan fingerprint density at radius 2 is 2.00 bits per heavy atom. The second kappa shape index (κ2) is 13.2. The number of aromatic nitrogens is 2. The lowest BCUT2D eigenvalue weighted by Crippen LogP contribution is -2.46. The summed E-state index contributed by atoms with van der Waals surface area (Å²) in [4.78, 5) is 31.8. The van der Waals surface area contributed by atoms with Gasteiger partial charge in [-0.05, 0) is 55.6 Å². The predicted molar refractivity (Wildman–Crippen MR) is 163 cm³/mol. The number of hydrogen-bond donors (Lipinski definition) is 2. The molecule has 5 rings (SSSR count). The van der Waals surface area contributed by atoms with E-state index >= 15 is 0 Å². The van der Waals surface area contributed by atoms with E-state index in [0.717, 1.165) is 50.4 Å². The highest BCUT2D eigenvalue weighted by atomic mass is 19.1. The maximum Gasteiger partial charge on any atom is 0.247 e.